The number of fused-ring (bicyclic) bond motifs is 1. The highest BCUT2D eigenvalue weighted by molar-refractivity contribution is 5.66. The van der Waals surface area contributed by atoms with Gasteiger partial charge in [-0.1, -0.05) is 12.1 Å². The number of hydrogen-bond acceptors (Lipinski definition) is 4. The molecule has 1 atom stereocenters. The van der Waals surface area contributed by atoms with Gasteiger partial charge in [-0.2, -0.15) is 0 Å². The lowest BCUT2D eigenvalue weighted by molar-refractivity contribution is 0.0523. The van der Waals surface area contributed by atoms with Gasteiger partial charge in [0.05, 0.1) is 7.11 Å². The SMILES string of the molecule is COc1ccc(C2CCN(C[C@@]3(C)Cc4c(C)c(N)c(C)c(C)c4O3)CC2)cc1. The van der Waals surface area contributed by atoms with Crippen LogP contribution in [0.15, 0.2) is 24.3 Å². The predicted octanol–water partition coefficient (Wildman–Crippen LogP) is 4.78. The highest BCUT2D eigenvalue weighted by Gasteiger charge is 2.39. The molecule has 1 fully saturated rings. The Hall–Kier alpha value is -2.20. The smallest absolute Gasteiger partial charge is 0.127 e. The minimum Gasteiger partial charge on any atom is -0.497 e. The number of methoxy groups -OCH3 is 1. The number of anilines is 1. The molecule has 2 aromatic rings. The van der Waals surface area contributed by atoms with Crippen LogP contribution in [0.4, 0.5) is 5.69 Å². The van der Waals surface area contributed by atoms with E-state index in [1.165, 1.54) is 35.1 Å². The molecule has 0 saturated carbocycles. The number of ether oxygens (including phenoxy) is 2. The Kier molecular flexibility index (Phi) is 5.24. The van der Waals surface area contributed by atoms with Crippen molar-refractivity contribution in [2.45, 2.75) is 58.5 Å². The summed E-state index contributed by atoms with van der Waals surface area (Å²) in [6, 6.07) is 8.58. The van der Waals surface area contributed by atoms with Gasteiger partial charge in [-0.3, -0.25) is 4.90 Å². The van der Waals surface area contributed by atoms with Crippen molar-refractivity contribution in [2.24, 2.45) is 0 Å². The lowest BCUT2D eigenvalue weighted by Gasteiger charge is -2.37. The second-order valence-electron chi connectivity index (χ2n) is 9.15. The molecule has 0 bridgehead atoms. The normalized spacial score (nSPS) is 22.4. The predicted molar refractivity (Wildman–Crippen MR) is 119 cm³/mol. The van der Waals surface area contributed by atoms with Gasteiger partial charge in [0.1, 0.15) is 17.1 Å². The highest BCUT2D eigenvalue weighted by atomic mass is 16.5. The van der Waals surface area contributed by atoms with Gasteiger partial charge in [0.25, 0.3) is 0 Å². The van der Waals surface area contributed by atoms with Gasteiger partial charge in [-0.25, -0.2) is 0 Å². The van der Waals surface area contributed by atoms with Gasteiger partial charge >= 0.3 is 0 Å². The topological polar surface area (TPSA) is 47.7 Å². The first-order chi connectivity index (χ1) is 13.8. The molecular formula is C25H34N2O2. The standard InChI is InChI=1S/C25H34N2O2/c1-16-17(2)24-22(18(3)23(16)26)14-25(4,29-24)15-27-12-10-20(11-13-27)19-6-8-21(28-5)9-7-19/h6-9,20H,10-15,26H2,1-5H3/t25-/m1/s1. The zero-order chi connectivity index (χ0) is 20.8. The van der Waals surface area contributed by atoms with Crippen LogP contribution in [-0.4, -0.2) is 37.2 Å². The molecular weight excluding hydrogens is 360 g/mol. The fraction of sp³-hybridized carbons (Fsp3) is 0.520. The quantitative estimate of drug-likeness (QED) is 0.759. The zero-order valence-electron chi connectivity index (χ0n) is 18.5. The minimum atomic E-state index is -0.176. The van der Waals surface area contributed by atoms with Crippen LogP contribution in [0.1, 0.15) is 53.5 Å². The zero-order valence-corrected chi connectivity index (χ0v) is 18.5. The molecule has 2 aliphatic heterocycles. The third kappa shape index (κ3) is 3.71. The number of benzene rings is 2. The van der Waals surface area contributed by atoms with E-state index in [2.05, 4.69) is 56.9 Å². The molecule has 0 amide bonds. The Balaban J connectivity index is 1.40. The average Bonchev–Trinajstić information content (AvgIpc) is 3.09. The molecule has 2 aromatic carbocycles. The van der Waals surface area contributed by atoms with Crippen molar-refractivity contribution in [3.8, 4) is 11.5 Å². The summed E-state index contributed by atoms with van der Waals surface area (Å²) in [5.74, 6) is 2.64. The van der Waals surface area contributed by atoms with E-state index in [1.807, 2.05) is 0 Å². The number of likely N-dealkylation sites (tertiary alicyclic amines) is 1. The third-order valence-corrected chi connectivity index (χ3v) is 7.07. The van der Waals surface area contributed by atoms with Crippen molar-refractivity contribution in [2.75, 3.05) is 32.5 Å². The van der Waals surface area contributed by atoms with Crippen molar-refractivity contribution in [3.05, 3.63) is 52.1 Å². The molecule has 0 unspecified atom stereocenters. The van der Waals surface area contributed by atoms with E-state index >= 15 is 0 Å². The number of nitrogens with two attached hydrogens (primary N) is 1. The fourth-order valence-corrected chi connectivity index (χ4v) is 5.08. The average molecular weight is 395 g/mol. The Morgan fingerprint density at radius 1 is 1.07 bits per heavy atom. The minimum absolute atomic E-state index is 0.176. The van der Waals surface area contributed by atoms with E-state index in [9.17, 15) is 0 Å². The Morgan fingerprint density at radius 2 is 1.72 bits per heavy atom. The van der Waals surface area contributed by atoms with Crippen molar-refractivity contribution >= 4 is 5.69 Å². The first-order valence-electron chi connectivity index (χ1n) is 10.7. The summed E-state index contributed by atoms with van der Waals surface area (Å²) in [7, 11) is 1.72. The van der Waals surface area contributed by atoms with Crippen LogP contribution in [0, 0.1) is 20.8 Å². The van der Waals surface area contributed by atoms with Crippen LogP contribution in [0.2, 0.25) is 0 Å². The van der Waals surface area contributed by atoms with Crippen LogP contribution in [-0.2, 0) is 6.42 Å². The van der Waals surface area contributed by atoms with Crippen molar-refractivity contribution in [1.29, 1.82) is 0 Å². The molecule has 0 radical (unpaired) electrons. The summed E-state index contributed by atoms with van der Waals surface area (Å²) in [4.78, 5) is 2.58. The van der Waals surface area contributed by atoms with E-state index in [-0.39, 0.29) is 5.60 Å². The molecule has 4 rings (SSSR count). The maximum absolute atomic E-state index is 6.57. The first-order valence-corrected chi connectivity index (χ1v) is 10.7. The van der Waals surface area contributed by atoms with Gasteiger partial charge in [0.2, 0.25) is 0 Å². The molecule has 4 heteroatoms. The molecule has 0 aromatic heterocycles. The maximum Gasteiger partial charge on any atom is 0.127 e. The second-order valence-corrected chi connectivity index (χ2v) is 9.15. The number of nitrogens with zero attached hydrogens (tertiary/aromatic N) is 1. The van der Waals surface area contributed by atoms with E-state index in [1.54, 1.807) is 7.11 Å². The Morgan fingerprint density at radius 3 is 2.34 bits per heavy atom. The van der Waals surface area contributed by atoms with Crippen molar-refractivity contribution in [1.82, 2.24) is 4.90 Å². The largest absolute Gasteiger partial charge is 0.497 e. The van der Waals surface area contributed by atoms with Gasteiger partial charge < -0.3 is 15.2 Å². The van der Waals surface area contributed by atoms with E-state index in [0.29, 0.717) is 5.92 Å². The summed E-state index contributed by atoms with van der Waals surface area (Å²) in [6.07, 6.45) is 3.33. The molecule has 1 saturated heterocycles. The molecule has 2 N–H and O–H groups in total. The van der Waals surface area contributed by atoms with Crippen LogP contribution < -0.4 is 15.2 Å². The number of nitrogen functional groups attached to an aromatic ring is 1. The lowest BCUT2D eigenvalue weighted by atomic mass is 9.88. The van der Waals surface area contributed by atoms with Crippen LogP contribution in [0.5, 0.6) is 11.5 Å². The van der Waals surface area contributed by atoms with Gasteiger partial charge in [0, 0.05) is 24.2 Å². The molecule has 4 nitrogen and oxygen atoms in total. The van der Waals surface area contributed by atoms with Crippen LogP contribution >= 0.6 is 0 Å². The summed E-state index contributed by atoms with van der Waals surface area (Å²) in [5.41, 5.74) is 13.4. The Bertz CT molecular complexity index is 859. The van der Waals surface area contributed by atoms with Gasteiger partial charge in [-0.15, -0.1) is 0 Å². The van der Waals surface area contributed by atoms with Gasteiger partial charge in [0.15, 0.2) is 0 Å². The van der Waals surface area contributed by atoms with Crippen LogP contribution in [0.3, 0.4) is 0 Å². The fourth-order valence-electron chi connectivity index (χ4n) is 5.08. The lowest BCUT2D eigenvalue weighted by Crippen LogP contribution is -2.47. The van der Waals surface area contributed by atoms with Crippen molar-refractivity contribution < 1.29 is 9.47 Å². The summed E-state index contributed by atoms with van der Waals surface area (Å²) < 4.78 is 11.9. The Labute approximate surface area is 175 Å². The molecule has 0 spiro atoms. The first kappa shape index (κ1) is 20.1. The van der Waals surface area contributed by atoms with Crippen molar-refractivity contribution in [3.63, 3.8) is 0 Å². The third-order valence-electron chi connectivity index (χ3n) is 7.07. The molecule has 156 valence electrons. The van der Waals surface area contributed by atoms with Gasteiger partial charge in [-0.05, 0) is 93.9 Å². The van der Waals surface area contributed by atoms with E-state index in [4.69, 9.17) is 15.2 Å². The monoisotopic (exact) mass is 394 g/mol. The number of piperidine rings is 1. The maximum atomic E-state index is 6.57. The molecule has 2 heterocycles. The summed E-state index contributed by atoms with van der Waals surface area (Å²) >= 11 is 0. The summed E-state index contributed by atoms with van der Waals surface area (Å²) in [6.45, 7) is 11.8. The molecule has 2 aliphatic rings. The number of rotatable bonds is 4. The molecule has 0 aliphatic carbocycles. The van der Waals surface area contributed by atoms with Crippen LogP contribution in [0.25, 0.3) is 0 Å². The second kappa shape index (κ2) is 7.56. The summed E-state index contributed by atoms with van der Waals surface area (Å²) in [5, 5.41) is 0. The number of hydrogen-bond donors (Lipinski definition) is 1. The molecule has 29 heavy (non-hydrogen) atoms. The van der Waals surface area contributed by atoms with E-state index in [0.717, 1.165) is 48.8 Å². The van der Waals surface area contributed by atoms with E-state index < -0.39 is 0 Å². The highest BCUT2D eigenvalue weighted by Crippen LogP contribution is 2.44.